The molecule has 1 amide bonds. The summed E-state index contributed by atoms with van der Waals surface area (Å²) >= 11 is 0. The summed E-state index contributed by atoms with van der Waals surface area (Å²) in [5.41, 5.74) is 1.20. The zero-order chi connectivity index (χ0) is 16.1. The highest BCUT2D eigenvalue weighted by molar-refractivity contribution is 5.76. The summed E-state index contributed by atoms with van der Waals surface area (Å²) in [6.07, 6.45) is 6.67. The van der Waals surface area contributed by atoms with Crippen LogP contribution in [0.2, 0.25) is 0 Å². The van der Waals surface area contributed by atoms with Gasteiger partial charge in [-0.15, -0.1) is 0 Å². The largest absolute Gasteiger partial charge is 0.497 e. The van der Waals surface area contributed by atoms with Gasteiger partial charge in [0.05, 0.1) is 7.11 Å². The van der Waals surface area contributed by atoms with Crippen LogP contribution >= 0.6 is 0 Å². The van der Waals surface area contributed by atoms with Gasteiger partial charge in [0.1, 0.15) is 5.75 Å². The van der Waals surface area contributed by atoms with Crippen LogP contribution in [-0.2, 0) is 11.2 Å². The molecule has 4 heteroatoms. The first-order valence-corrected chi connectivity index (χ1v) is 8.88. The van der Waals surface area contributed by atoms with Gasteiger partial charge in [0.25, 0.3) is 0 Å². The van der Waals surface area contributed by atoms with Crippen molar-refractivity contribution in [3.63, 3.8) is 0 Å². The third-order valence-corrected chi connectivity index (χ3v) is 5.06. The topological polar surface area (TPSA) is 41.6 Å². The minimum atomic E-state index is 0.206. The molecule has 0 aromatic heterocycles. The molecule has 1 aromatic rings. The quantitative estimate of drug-likeness (QED) is 0.841. The van der Waals surface area contributed by atoms with Crippen LogP contribution in [0.3, 0.4) is 0 Å². The lowest BCUT2D eigenvalue weighted by molar-refractivity contribution is -0.122. The maximum atomic E-state index is 12.1. The van der Waals surface area contributed by atoms with Crippen LogP contribution in [0.1, 0.15) is 37.7 Å². The number of carbonyl (C=O) groups is 1. The normalized spacial score (nSPS) is 19.5. The average Bonchev–Trinajstić information content (AvgIpc) is 3.41. The van der Waals surface area contributed by atoms with Gasteiger partial charge in [0, 0.05) is 19.0 Å². The third kappa shape index (κ3) is 4.96. The van der Waals surface area contributed by atoms with E-state index < -0.39 is 0 Å². The van der Waals surface area contributed by atoms with Crippen molar-refractivity contribution in [1.29, 1.82) is 0 Å². The number of ether oxygens (including phenoxy) is 1. The Morgan fingerprint density at radius 3 is 2.74 bits per heavy atom. The smallest absolute Gasteiger partial charge is 0.220 e. The fourth-order valence-electron chi connectivity index (χ4n) is 3.47. The summed E-state index contributed by atoms with van der Waals surface area (Å²) in [4.78, 5) is 14.7. The zero-order valence-electron chi connectivity index (χ0n) is 14.1. The molecule has 1 heterocycles. The predicted molar refractivity (Wildman–Crippen MR) is 91.6 cm³/mol. The standard InChI is InChI=1S/C19H28N2O2/c1-23-18-4-2-3-15(13-18)7-10-20-19(22)14-16-8-11-21(12-9-16)17-5-6-17/h2-4,13,16-17H,5-12,14H2,1H3,(H,20,22). The van der Waals surface area contributed by atoms with Crippen LogP contribution in [0.5, 0.6) is 5.75 Å². The van der Waals surface area contributed by atoms with Crippen molar-refractivity contribution >= 4 is 5.91 Å². The second-order valence-corrected chi connectivity index (χ2v) is 6.87. The molecule has 1 N–H and O–H groups in total. The number of amides is 1. The first kappa shape index (κ1) is 16.3. The molecule has 4 nitrogen and oxygen atoms in total. The minimum Gasteiger partial charge on any atom is -0.497 e. The van der Waals surface area contributed by atoms with E-state index in [1.54, 1.807) is 7.11 Å². The molecule has 2 fully saturated rings. The van der Waals surface area contributed by atoms with E-state index in [2.05, 4.69) is 16.3 Å². The van der Waals surface area contributed by atoms with E-state index >= 15 is 0 Å². The second-order valence-electron chi connectivity index (χ2n) is 6.87. The van der Waals surface area contributed by atoms with Crippen molar-refractivity contribution in [3.05, 3.63) is 29.8 Å². The lowest BCUT2D eigenvalue weighted by Gasteiger charge is -2.31. The van der Waals surface area contributed by atoms with Gasteiger partial charge < -0.3 is 15.0 Å². The van der Waals surface area contributed by atoms with E-state index in [4.69, 9.17) is 4.74 Å². The Bertz CT molecular complexity index is 520. The Morgan fingerprint density at radius 2 is 2.04 bits per heavy atom. The summed E-state index contributed by atoms with van der Waals surface area (Å²) in [5, 5.41) is 3.07. The van der Waals surface area contributed by atoms with Crippen LogP contribution in [-0.4, -0.2) is 43.6 Å². The van der Waals surface area contributed by atoms with Crippen molar-refractivity contribution in [3.8, 4) is 5.75 Å². The summed E-state index contributed by atoms with van der Waals surface area (Å²) in [6, 6.07) is 8.90. The van der Waals surface area contributed by atoms with Crippen LogP contribution in [0, 0.1) is 5.92 Å². The number of likely N-dealkylation sites (tertiary alicyclic amines) is 1. The highest BCUT2D eigenvalue weighted by atomic mass is 16.5. The number of nitrogens with one attached hydrogen (secondary N) is 1. The van der Waals surface area contributed by atoms with E-state index in [-0.39, 0.29) is 5.91 Å². The van der Waals surface area contributed by atoms with Gasteiger partial charge in [-0.3, -0.25) is 4.79 Å². The number of benzene rings is 1. The number of rotatable bonds is 7. The van der Waals surface area contributed by atoms with Crippen molar-refractivity contribution in [2.75, 3.05) is 26.7 Å². The first-order valence-electron chi connectivity index (χ1n) is 8.88. The first-order chi connectivity index (χ1) is 11.2. The molecule has 126 valence electrons. The molecule has 1 aromatic carbocycles. The average molecular weight is 316 g/mol. The summed E-state index contributed by atoms with van der Waals surface area (Å²) in [5.74, 6) is 1.65. The van der Waals surface area contributed by atoms with Gasteiger partial charge in [0.15, 0.2) is 0 Å². The van der Waals surface area contributed by atoms with Gasteiger partial charge in [-0.05, 0) is 68.8 Å². The predicted octanol–water partition coefficient (Wildman–Crippen LogP) is 2.62. The van der Waals surface area contributed by atoms with Gasteiger partial charge in [-0.25, -0.2) is 0 Å². The molecule has 0 spiro atoms. The Balaban J connectivity index is 1.33. The molecule has 1 aliphatic heterocycles. The molecule has 3 rings (SSSR count). The number of hydrogen-bond acceptors (Lipinski definition) is 3. The highest BCUT2D eigenvalue weighted by Crippen LogP contribution is 2.31. The maximum absolute atomic E-state index is 12.1. The minimum absolute atomic E-state index is 0.206. The molecule has 0 unspecified atom stereocenters. The van der Waals surface area contributed by atoms with Crippen LogP contribution in [0.15, 0.2) is 24.3 Å². The lowest BCUT2D eigenvalue weighted by Crippen LogP contribution is -2.37. The summed E-state index contributed by atoms with van der Waals surface area (Å²) in [7, 11) is 1.68. The van der Waals surface area contributed by atoms with E-state index in [0.29, 0.717) is 18.9 Å². The van der Waals surface area contributed by atoms with Crippen LogP contribution in [0.4, 0.5) is 0 Å². The molecule has 1 saturated heterocycles. The second kappa shape index (κ2) is 7.82. The molecule has 0 bridgehead atoms. The molecular formula is C19H28N2O2. The number of hydrogen-bond donors (Lipinski definition) is 1. The van der Waals surface area contributed by atoms with E-state index in [0.717, 1.165) is 18.2 Å². The summed E-state index contributed by atoms with van der Waals surface area (Å²) < 4.78 is 5.22. The Kier molecular flexibility index (Phi) is 5.55. The molecule has 1 saturated carbocycles. The van der Waals surface area contributed by atoms with Crippen molar-refractivity contribution in [1.82, 2.24) is 10.2 Å². The lowest BCUT2D eigenvalue weighted by atomic mass is 9.93. The molecule has 0 radical (unpaired) electrons. The van der Waals surface area contributed by atoms with E-state index in [1.807, 2.05) is 18.2 Å². The van der Waals surface area contributed by atoms with Gasteiger partial charge in [0.2, 0.25) is 5.91 Å². The van der Waals surface area contributed by atoms with E-state index in [1.165, 1.54) is 44.3 Å². The fourth-order valence-corrected chi connectivity index (χ4v) is 3.47. The highest BCUT2D eigenvalue weighted by Gasteiger charge is 2.32. The molecule has 23 heavy (non-hydrogen) atoms. The number of carbonyl (C=O) groups excluding carboxylic acids is 1. The van der Waals surface area contributed by atoms with Crippen molar-refractivity contribution in [2.24, 2.45) is 5.92 Å². The Labute approximate surface area is 139 Å². The fraction of sp³-hybridized carbons (Fsp3) is 0.632. The maximum Gasteiger partial charge on any atom is 0.220 e. The van der Waals surface area contributed by atoms with Gasteiger partial charge >= 0.3 is 0 Å². The third-order valence-electron chi connectivity index (χ3n) is 5.06. The Morgan fingerprint density at radius 1 is 1.26 bits per heavy atom. The number of methoxy groups -OCH3 is 1. The number of piperidine rings is 1. The van der Waals surface area contributed by atoms with E-state index in [9.17, 15) is 4.79 Å². The van der Waals surface area contributed by atoms with Gasteiger partial charge in [-0.2, -0.15) is 0 Å². The SMILES string of the molecule is COc1cccc(CCNC(=O)CC2CCN(C3CC3)CC2)c1. The molecule has 0 atom stereocenters. The van der Waals surface area contributed by atoms with Crippen LogP contribution < -0.4 is 10.1 Å². The summed E-state index contributed by atoms with van der Waals surface area (Å²) in [6.45, 7) is 3.08. The van der Waals surface area contributed by atoms with Crippen molar-refractivity contribution in [2.45, 2.75) is 44.6 Å². The number of nitrogens with zero attached hydrogens (tertiary/aromatic N) is 1. The molecular weight excluding hydrogens is 288 g/mol. The van der Waals surface area contributed by atoms with Crippen molar-refractivity contribution < 1.29 is 9.53 Å². The molecule has 2 aliphatic rings. The van der Waals surface area contributed by atoms with Crippen LogP contribution in [0.25, 0.3) is 0 Å². The molecule has 1 aliphatic carbocycles. The monoisotopic (exact) mass is 316 g/mol. The zero-order valence-corrected chi connectivity index (χ0v) is 14.1. The Hall–Kier alpha value is -1.55. The van der Waals surface area contributed by atoms with Gasteiger partial charge in [-0.1, -0.05) is 12.1 Å².